The number of hydrogen-bond donors (Lipinski definition) is 2. The van der Waals surface area contributed by atoms with Gasteiger partial charge in [-0.15, -0.1) is 11.3 Å². The molecule has 2 aromatic carbocycles. The molecule has 11 nitrogen and oxygen atoms in total. The van der Waals surface area contributed by atoms with Crippen LogP contribution in [-0.4, -0.2) is 33.0 Å². The lowest BCUT2D eigenvalue weighted by Crippen LogP contribution is -2.34. The van der Waals surface area contributed by atoms with Crippen molar-refractivity contribution in [1.29, 1.82) is 0 Å². The summed E-state index contributed by atoms with van der Waals surface area (Å²) in [5, 5.41) is 29.1. The second kappa shape index (κ2) is 9.76. The van der Waals surface area contributed by atoms with E-state index in [0.717, 1.165) is 28.2 Å². The van der Waals surface area contributed by atoms with Crippen LogP contribution in [0.1, 0.15) is 10.4 Å². The molecule has 0 bridgehead atoms. The van der Waals surface area contributed by atoms with Crippen LogP contribution in [0.2, 0.25) is 0 Å². The van der Waals surface area contributed by atoms with Crippen molar-refractivity contribution in [3.8, 4) is 17.0 Å². The zero-order valence-corrected chi connectivity index (χ0v) is 19.2. The number of aromatic nitrogens is 1. The Bertz CT molecular complexity index is 1220. The number of amides is 1. The largest absolute Gasteiger partial charge is 0.496 e. The third kappa shape index (κ3) is 5.40. The topological polar surface area (TPSA) is 150 Å². The van der Waals surface area contributed by atoms with Gasteiger partial charge in [-0.25, -0.2) is 4.98 Å². The van der Waals surface area contributed by atoms with Crippen LogP contribution in [0.3, 0.4) is 0 Å². The molecule has 0 radical (unpaired) electrons. The van der Waals surface area contributed by atoms with Crippen molar-refractivity contribution in [3.63, 3.8) is 0 Å². The maximum atomic E-state index is 12.4. The number of nitrogens with one attached hydrogen (secondary N) is 2. The monoisotopic (exact) mass is 537 g/mol. The van der Waals surface area contributed by atoms with Gasteiger partial charge in [0.15, 0.2) is 10.2 Å². The summed E-state index contributed by atoms with van der Waals surface area (Å²) in [7, 11) is 1.56. The summed E-state index contributed by atoms with van der Waals surface area (Å²) in [6.07, 6.45) is 0. The Hall–Kier alpha value is -3.49. The minimum absolute atomic E-state index is 0.124. The predicted octanol–water partition coefficient (Wildman–Crippen LogP) is 4.52. The maximum Gasteiger partial charge on any atom is 0.277 e. The van der Waals surface area contributed by atoms with Gasteiger partial charge in [-0.2, -0.15) is 0 Å². The van der Waals surface area contributed by atoms with E-state index in [-0.39, 0.29) is 10.7 Å². The first kappa shape index (κ1) is 23.2. The third-order valence-corrected chi connectivity index (χ3v) is 5.57. The van der Waals surface area contributed by atoms with Gasteiger partial charge in [0.2, 0.25) is 0 Å². The van der Waals surface area contributed by atoms with Gasteiger partial charge in [0.1, 0.15) is 5.75 Å². The predicted molar refractivity (Wildman–Crippen MR) is 125 cm³/mol. The molecule has 1 amide bonds. The molecule has 164 valence electrons. The van der Waals surface area contributed by atoms with Crippen molar-refractivity contribution < 1.29 is 19.4 Å². The molecule has 0 aliphatic heterocycles. The van der Waals surface area contributed by atoms with Crippen molar-refractivity contribution in [3.05, 3.63) is 72.0 Å². The average molecular weight is 538 g/mol. The Morgan fingerprint density at radius 1 is 1.16 bits per heavy atom. The first-order valence-corrected chi connectivity index (χ1v) is 10.6. The quantitative estimate of drug-likeness (QED) is 0.262. The number of carbonyl (C=O) groups is 1. The second-order valence-corrected chi connectivity index (χ2v) is 8.17. The summed E-state index contributed by atoms with van der Waals surface area (Å²) in [5.74, 6) is -0.169. The number of nitro benzene ring substituents is 2. The minimum Gasteiger partial charge on any atom is -0.496 e. The number of thiocarbonyl (C=S) groups is 1. The molecule has 14 heteroatoms. The summed E-state index contributed by atoms with van der Waals surface area (Å²) in [5.41, 5.74) is 0.0278. The van der Waals surface area contributed by atoms with Gasteiger partial charge < -0.3 is 10.1 Å². The van der Waals surface area contributed by atoms with Crippen LogP contribution < -0.4 is 15.4 Å². The summed E-state index contributed by atoms with van der Waals surface area (Å²) in [6.45, 7) is 0. The fourth-order valence-electron chi connectivity index (χ4n) is 2.53. The molecule has 1 heterocycles. The molecule has 3 aromatic rings. The van der Waals surface area contributed by atoms with E-state index in [1.165, 1.54) is 11.3 Å². The van der Waals surface area contributed by atoms with Gasteiger partial charge in [-0.1, -0.05) is 0 Å². The van der Waals surface area contributed by atoms with Crippen molar-refractivity contribution in [2.75, 3.05) is 12.4 Å². The van der Waals surface area contributed by atoms with E-state index in [1.807, 2.05) is 12.1 Å². The average Bonchev–Trinajstić information content (AvgIpc) is 3.21. The highest BCUT2D eigenvalue weighted by atomic mass is 79.9. The van der Waals surface area contributed by atoms with E-state index in [4.69, 9.17) is 17.0 Å². The number of nitro groups is 2. The Kier molecular flexibility index (Phi) is 7.07. The zero-order valence-electron chi connectivity index (χ0n) is 16.0. The molecule has 0 aliphatic rings. The molecule has 0 saturated heterocycles. The number of thiazole rings is 1. The van der Waals surface area contributed by atoms with Crippen LogP contribution >= 0.6 is 39.5 Å². The molecule has 0 fully saturated rings. The highest BCUT2D eigenvalue weighted by molar-refractivity contribution is 9.10. The van der Waals surface area contributed by atoms with E-state index in [2.05, 4.69) is 31.5 Å². The van der Waals surface area contributed by atoms with E-state index in [9.17, 15) is 25.0 Å². The fraction of sp³-hybridized carbons (Fsp3) is 0.0556. The number of carbonyl (C=O) groups excluding carboxylic acids is 1. The first-order valence-electron chi connectivity index (χ1n) is 8.53. The highest BCUT2D eigenvalue weighted by Gasteiger charge is 2.20. The Morgan fingerprint density at radius 2 is 1.81 bits per heavy atom. The van der Waals surface area contributed by atoms with Gasteiger partial charge in [0.25, 0.3) is 17.3 Å². The molecule has 0 spiro atoms. The molecule has 0 saturated carbocycles. The lowest BCUT2D eigenvalue weighted by molar-refractivity contribution is -0.394. The van der Waals surface area contributed by atoms with Gasteiger partial charge in [0.05, 0.1) is 38.8 Å². The summed E-state index contributed by atoms with van der Waals surface area (Å²) in [4.78, 5) is 37.1. The van der Waals surface area contributed by atoms with Crippen LogP contribution in [0.5, 0.6) is 5.75 Å². The lowest BCUT2D eigenvalue weighted by Gasteiger charge is -2.07. The number of ether oxygens (including phenoxy) is 1. The molecular formula is C18H12BrN5O6S2. The summed E-state index contributed by atoms with van der Waals surface area (Å²) in [6, 6.07) is 8.07. The van der Waals surface area contributed by atoms with E-state index in [1.54, 1.807) is 18.6 Å². The smallest absolute Gasteiger partial charge is 0.277 e. The molecule has 0 atom stereocenters. The maximum absolute atomic E-state index is 12.4. The van der Waals surface area contributed by atoms with Gasteiger partial charge in [0, 0.05) is 23.1 Å². The molecule has 3 rings (SSSR count). The van der Waals surface area contributed by atoms with Crippen molar-refractivity contribution >= 4 is 67.0 Å². The van der Waals surface area contributed by atoms with Crippen LogP contribution in [0.25, 0.3) is 11.3 Å². The molecule has 2 N–H and O–H groups in total. The van der Waals surface area contributed by atoms with Crippen molar-refractivity contribution in [2.24, 2.45) is 0 Å². The van der Waals surface area contributed by atoms with Crippen LogP contribution in [0.4, 0.5) is 16.5 Å². The summed E-state index contributed by atoms with van der Waals surface area (Å²) >= 11 is 9.74. The SMILES string of the molecule is COc1ccc(-c2csc(NC(=S)NC(=O)c3cc([N+](=O)[O-])cc([N+](=O)[O-])c3)n2)cc1Br. The zero-order chi connectivity index (χ0) is 23.4. The Morgan fingerprint density at radius 3 is 2.38 bits per heavy atom. The number of non-ortho nitro benzene ring substituents is 2. The molecule has 1 aromatic heterocycles. The van der Waals surface area contributed by atoms with Crippen molar-refractivity contribution in [1.82, 2.24) is 10.3 Å². The number of anilines is 1. The van der Waals surface area contributed by atoms with E-state index < -0.39 is 27.1 Å². The molecule has 0 unspecified atom stereocenters. The number of benzene rings is 2. The lowest BCUT2D eigenvalue weighted by atomic mass is 10.1. The second-order valence-electron chi connectivity index (χ2n) is 6.05. The number of methoxy groups -OCH3 is 1. The van der Waals surface area contributed by atoms with Crippen LogP contribution in [0.15, 0.2) is 46.3 Å². The third-order valence-electron chi connectivity index (χ3n) is 3.99. The number of hydrogen-bond acceptors (Lipinski definition) is 9. The first-order chi connectivity index (χ1) is 15.2. The molecule has 32 heavy (non-hydrogen) atoms. The van der Waals surface area contributed by atoms with Gasteiger partial charge >= 0.3 is 0 Å². The highest BCUT2D eigenvalue weighted by Crippen LogP contribution is 2.32. The molecular weight excluding hydrogens is 526 g/mol. The normalized spacial score (nSPS) is 10.3. The Balaban J connectivity index is 1.71. The summed E-state index contributed by atoms with van der Waals surface area (Å²) < 4.78 is 5.96. The standard InChI is InChI=1S/C18H12BrN5O6S2/c1-30-15-3-2-9(6-13(15)19)14-8-32-18(20-14)22-17(31)21-16(25)10-4-11(23(26)27)7-12(5-10)24(28)29/h2-8H,1H3,(H2,20,21,22,25,31). The van der Waals surface area contributed by atoms with Gasteiger partial charge in [-0.05, 0) is 46.3 Å². The minimum atomic E-state index is -0.842. The van der Waals surface area contributed by atoms with E-state index >= 15 is 0 Å². The van der Waals surface area contributed by atoms with Crippen LogP contribution in [-0.2, 0) is 0 Å². The number of halogens is 1. The fourth-order valence-corrected chi connectivity index (χ4v) is 4.05. The molecule has 0 aliphatic carbocycles. The number of rotatable bonds is 6. The van der Waals surface area contributed by atoms with E-state index in [0.29, 0.717) is 16.6 Å². The Labute approximate surface area is 197 Å². The number of nitrogens with zero attached hydrogens (tertiary/aromatic N) is 3. The van der Waals surface area contributed by atoms with Gasteiger partial charge in [-0.3, -0.25) is 30.3 Å². The van der Waals surface area contributed by atoms with Crippen LogP contribution in [0, 0.1) is 20.2 Å². The van der Waals surface area contributed by atoms with Crippen molar-refractivity contribution in [2.45, 2.75) is 0 Å².